The second-order valence-corrected chi connectivity index (χ2v) is 6.93. The Hall–Kier alpha value is -1.07. The minimum Gasteiger partial charge on any atom is -0.496 e. The number of fused-ring (bicyclic) bond motifs is 2. The van der Waals surface area contributed by atoms with E-state index in [1.54, 1.807) is 7.11 Å². The molecule has 2 aliphatic carbocycles. The van der Waals surface area contributed by atoms with E-state index < -0.39 is 5.97 Å². The van der Waals surface area contributed by atoms with Gasteiger partial charge >= 0.3 is 5.97 Å². The number of carboxylic acids is 1. The maximum atomic E-state index is 11.5. The van der Waals surface area contributed by atoms with Crippen LogP contribution in [-0.2, 0) is 11.3 Å². The first-order chi connectivity index (χ1) is 10.1. The Kier molecular flexibility index (Phi) is 4.22. The molecule has 1 aromatic rings. The predicted molar refractivity (Wildman–Crippen MR) is 83.3 cm³/mol. The van der Waals surface area contributed by atoms with E-state index in [1.807, 2.05) is 18.2 Å². The highest BCUT2D eigenvalue weighted by molar-refractivity contribution is 9.10. The smallest absolute Gasteiger partial charge is 0.308 e. The Bertz CT molecular complexity index is 548. The number of carbonyl (C=O) groups is 1. The first-order valence-corrected chi connectivity index (χ1v) is 8.18. The van der Waals surface area contributed by atoms with Crippen molar-refractivity contribution in [2.24, 2.45) is 17.8 Å². The molecule has 21 heavy (non-hydrogen) atoms. The van der Waals surface area contributed by atoms with E-state index in [4.69, 9.17) is 4.74 Å². The van der Waals surface area contributed by atoms with E-state index in [1.165, 1.54) is 6.42 Å². The highest BCUT2D eigenvalue weighted by Gasteiger charge is 2.50. The number of hydrogen-bond donors (Lipinski definition) is 2. The lowest BCUT2D eigenvalue weighted by Gasteiger charge is -2.29. The van der Waals surface area contributed by atoms with Crippen molar-refractivity contribution in [1.82, 2.24) is 5.32 Å². The molecular weight excluding hydrogens is 334 g/mol. The molecular formula is C16H20BrNO3. The van der Waals surface area contributed by atoms with Gasteiger partial charge in [0.05, 0.1) is 17.5 Å². The molecule has 0 saturated heterocycles. The highest BCUT2D eigenvalue weighted by atomic mass is 79.9. The van der Waals surface area contributed by atoms with Gasteiger partial charge < -0.3 is 15.2 Å². The zero-order chi connectivity index (χ0) is 15.0. The third-order valence-corrected chi connectivity index (χ3v) is 5.58. The Labute approximate surface area is 133 Å². The van der Waals surface area contributed by atoms with Gasteiger partial charge in [0.15, 0.2) is 0 Å². The molecule has 2 fully saturated rings. The summed E-state index contributed by atoms with van der Waals surface area (Å²) in [5.41, 5.74) is 1.13. The lowest BCUT2D eigenvalue weighted by molar-refractivity contribution is -0.144. The van der Waals surface area contributed by atoms with Gasteiger partial charge in [-0.05, 0) is 64.7 Å². The molecule has 2 bridgehead atoms. The van der Waals surface area contributed by atoms with Gasteiger partial charge in [-0.15, -0.1) is 0 Å². The number of ether oxygens (including phenoxy) is 1. The average Bonchev–Trinajstić information content (AvgIpc) is 3.05. The number of rotatable bonds is 5. The van der Waals surface area contributed by atoms with Crippen LogP contribution in [0.15, 0.2) is 22.7 Å². The molecule has 0 amide bonds. The molecule has 0 heterocycles. The van der Waals surface area contributed by atoms with Crippen molar-refractivity contribution in [2.45, 2.75) is 31.8 Å². The van der Waals surface area contributed by atoms with E-state index in [0.717, 1.165) is 28.6 Å². The van der Waals surface area contributed by atoms with Crippen LogP contribution in [0.2, 0.25) is 0 Å². The summed E-state index contributed by atoms with van der Waals surface area (Å²) in [5.74, 6) is 0.841. The first-order valence-electron chi connectivity index (χ1n) is 7.38. The topological polar surface area (TPSA) is 58.6 Å². The highest BCUT2D eigenvalue weighted by Crippen LogP contribution is 2.48. The van der Waals surface area contributed by atoms with Crippen molar-refractivity contribution >= 4 is 21.9 Å². The summed E-state index contributed by atoms with van der Waals surface area (Å²) in [6, 6.07) is 6.08. The van der Waals surface area contributed by atoms with E-state index in [0.29, 0.717) is 18.4 Å². The van der Waals surface area contributed by atoms with Crippen LogP contribution in [0.25, 0.3) is 0 Å². The third-order valence-electron chi connectivity index (χ3n) is 4.96. The van der Waals surface area contributed by atoms with Crippen LogP contribution in [0.5, 0.6) is 5.75 Å². The Morgan fingerprint density at radius 1 is 1.43 bits per heavy atom. The van der Waals surface area contributed by atoms with Gasteiger partial charge in [-0.2, -0.15) is 0 Å². The van der Waals surface area contributed by atoms with Crippen molar-refractivity contribution in [3.8, 4) is 5.75 Å². The number of nitrogens with one attached hydrogen (secondary N) is 1. The number of carboxylic acid groups (broad SMARTS) is 1. The number of hydrogen-bond acceptors (Lipinski definition) is 3. The molecule has 3 rings (SSSR count). The Morgan fingerprint density at radius 3 is 2.86 bits per heavy atom. The van der Waals surface area contributed by atoms with Gasteiger partial charge in [0.2, 0.25) is 0 Å². The summed E-state index contributed by atoms with van der Waals surface area (Å²) >= 11 is 3.48. The number of aliphatic carboxylic acids is 1. The molecule has 0 spiro atoms. The third kappa shape index (κ3) is 2.81. The standard InChI is InChI=1S/C16H20BrNO3/c1-21-13-5-2-9(6-12(13)17)8-18-15-11-4-3-10(7-11)14(15)16(19)20/h2,5-6,10-11,14-15,18H,3-4,7-8H2,1H3,(H,19,20). The zero-order valence-electron chi connectivity index (χ0n) is 12.0. The van der Waals surface area contributed by atoms with Crippen LogP contribution < -0.4 is 10.1 Å². The quantitative estimate of drug-likeness (QED) is 0.853. The van der Waals surface area contributed by atoms with Crippen LogP contribution in [0.4, 0.5) is 0 Å². The molecule has 0 radical (unpaired) electrons. The van der Waals surface area contributed by atoms with Gasteiger partial charge in [0.25, 0.3) is 0 Å². The maximum absolute atomic E-state index is 11.5. The second kappa shape index (κ2) is 5.97. The zero-order valence-corrected chi connectivity index (χ0v) is 13.6. The number of benzene rings is 1. The van der Waals surface area contributed by atoms with Gasteiger partial charge in [-0.1, -0.05) is 6.07 Å². The summed E-state index contributed by atoms with van der Waals surface area (Å²) in [4.78, 5) is 11.5. The number of halogens is 1. The second-order valence-electron chi connectivity index (χ2n) is 6.07. The molecule has 5 heteroatoms. The molecule has 4 atom stereocenters. The molecule has 114 valence electrons. The molecule has 1 aromatic carbocycles. The van der Waals surface area contributed by atoms with Crippen LogP contribution >= 0.6 is 15.9 Å². The van der Waals surface area contributed by atoms with Gasteiger partial charge in [-0.3, -0.25) is 4.79 Å². The Balaban J connectivity index is 1.67. The molecule has 4 nitrogen and oxygen atoms in total. The van der Waals surface area contributed by atoms with E-state index in [-0.39, 0.29) is 12.0 Å². The summed E-state index contributed by atoms with van der Waals surface area (Å²) in [6.07, 6.45) is 3.31. The molecule has 0 aromatic heterocycles. The fraction of sp³-hybridized carbons (Fsp3) is 0.562. The van der Waals surface area contributed by atoms with Crippen LogP contribution in [0.3, 0.4) is 0 Å². The fourth-order valence-electron chi connectivity index (χ4n) is 4.00. The largest absolute Gasteiger partial charge is 0.496 e. The van der Waals surface area contributed by atoms with Crippen LogP contribution in [0, 0.1) is 17.8 Å². The van der Waals surface area contributed by atoms with Gasteiger partial charge in [-0.25, -0.2) is 0 Å². The predicted octanol–water partition coefficient (Wildman–Crippen LogP) is 3.05. The minimum absolute atomic E-state index is 0.113. The van der Waals surface area contributed by atoms with E-state index in [2.05, 4.69) is 21.2 Å². The van der Waals surface area contributed by atoms with E-state index >= 15 is 0 Å². The van der Waals surface area contributed by atoms with Gasteiger partial charge in [0.1, 0.15) is 5.75 Å². The van der Waals surface area contributed by atoms with Crippen LogP contribution in [0.1, 0.15) is 24.8 Å². The summed E-state index contributed by atoms with van der Waals surface area (Å²) < 4.78 is 6.14. The normalized spacial score (nSPS) is 30.6. The molecule has 2 N–H and O–H groups in total. The molecule has 2 saturated carbocycles. The van der Waals surface area contributed by atoms with Crippen molar-refractivity contribution < 1.29 is 14.6 Å². The van der Waals surface area contributed by atoms with Gasteiger partial charge in [0, 0.05) is 12.6 Å². The first kappa shape index (κ1) is 14.9. The lowest BCUT2D eigenvalue weighted by Crippen LogP contribution is -2.43. The average molecular weight is 354 g/mol. The van der Waals surface area contributed by atoms with Crippen LogP contribution in [-0.4, -0.2) is 24.2 Å². The molecule has 4 unspecified atom stereocenters. The van der Waals surface area contributed by atoms with Crippen molar-refractivity contribution in [2.75, 3.05) is 7.11 Å². The maximum Gasteiger partial charge on any atom is 0.308 e. The summed E-state index contributed by atoms with van der Waals surface area (Å²) in [6.45, 7) is 0.695. The Morgan fingerprint density at radius 2 is 2.19 bits per heavy atom. The SMILES string of the molecule is COc1ccc(CNC2C3CCC(C3)C2C(=O)O)cc1Br. The molecule has 0 aliphatic heterocycles. The van der Waals surface area contributed by atoms with E-state index in [9.17, 15) is 9.90 Å². The van der Waals surface area contributed by atoms with Crippen molar-refractivity contribution in [1.29, 1.82) is 0 Å². The lowest BCUT2D eigenvalue weighted by atomic mass is 9.84. The van der Waals surface area contributed by atoms with Crippen molar-refractivity contribution in [3.63, 3.8) is 0 Å². The summed E-state index contributed by atoms with van der Waals surface area (Å²) in [7, 11) is 1.64. The number of methoxy groups -OCH3 is 1. The monoisotopic (exact) mass is 353 g/mol. The fourth-order valence-corrected chi connectivity index (χ4v) is 4.58. The van der Waals surface area contributed by atoms with Crippen molar-refractivity contribution in [3.05, 3.63) is 28.2 Å². The summed E-state index contributed by atoms with van der Waals surface area (Å²) in [5, 5.41) is 12.9. The molecule has 2 aliphatic rings. The minimum atomic E-state index is -0.643.